The summed E-state index contributed by atoms with van der Waals surface area (Å²) in [6.07, 6.45) is 3.65. The van der Waals surface area contributed by atoms with Gasteiger partial charge in [-0.2, -0.15) is 13.8 Å². The van der Waals surface area contributed by atoms with Crippen molar-refractivity contribution in [3.05, 3.63) is 36.4 Å². The Morgan fingerprint density at radius 3 is 2.44 bits per heavy atom. The highest BCUT2D eigenvalue weighted by molar-refractivity contribution is 7.91. The summed E-state index contributed by atoms with van der Waals surface area (Å²) < 4.78 is 75.2. The van der Waals surface area contributed by atoms with Gasteiger partial charge in [-0.25, -0.2) is 13.2 Å². The highest BCUT2D eigenvalue weighted by Crippen LogP contribution is 2.51. The predicted molar refractivity (Wildman–Crippen MR) is 216 cm³/mol. The molecule has 0 bridgehead atoms. The minimum atomic E-state index is -4.29. The maximum absolute atomic E-state index is 17.8. The van der Waals surface area contributed by atoms with Crippen LogP contribution in [0.2, 0.25) is 0 Å². The number of pyridine rings is 1. The van der Waals surface area contributed by atoms with E-state index in [-0.39, 0.29) is 29.5 Å². The predicted octanol–water partition coefficient (Wildman–Crippen LogP) is 5.28. The van der Waals surface area contributed by atoms with E-state index in [1.807, 2.05) is 13.0 Å². The summed E-state index contributed by atoms with van der Waals surface area (Å²) in [6.45, 7) is 7.95. The molecule has 4 amide bonds. The highest BCUT2D eigenvalue weighted by atomic mass is 32.2. The van der Waals surface area contributed by atoms with Crippen LogP contribution in [0.1, 0.15) is 86.0 Å². The first-order chi connectivity index (χ1) is 27.6. The Morgan fingerprint density at radius 1 is 1.14 bits per heavy atom. The van der Waals surface area contributed by atoms with Crippen molar-refractivity contribution in [1.82, 2.24) is 24.8 Å². The Kier molecular flexibility index (Phi) is 11.9. The number of hydrogen-bond donors (Lipinski definition) is 3. The second kappa shape index (κ2) is 16.0. The second-order valence-corrected chi connectivity index (χ2v) is 19.2. The number of sulfonamides is 1. The first-order valence-electron chi connectivity index (χ1n) is 20.2. The van der Waals surface area contributed by atoms with Crippen molar-refractivity contribution >= 4 is 50.4 Å². The maximum atomic E-state index is 17.8. The van der Waals surface area contributed by atoms with Gasteiger partial charge in [0, 0.05) is 37.9 Å². The fourth-order valence-corrected chi connectivity index (χ4v) is 9.89. The number of carbonyl (C=O) groups is 4. The molecule has 6 rings (SSSR count). The molecular weight excluding hydrogens is 791 g/mol. The Labute approximate surface area is 343 Å². The van der Waals surface area contributed by atoms with Crippen molar-refractivity contribution in [3.63, 3.8) is 0 Å². The fourth-order valence-electron chi connectivity index (χ4n) is 8.52. The molecule has 2 aliphatic heterocycles. The summed E-state index contributed by atoms with van der Waals surface area (Å²) >= 11 is 0. The summed E-state index contributed by atoms with van der Waals surface area (Å²) in [6, 6.07) is -2.11. The third kappa shape index (κ3) is 8.25. The van der Waals surface area contributed by atoms with Gasteiger partial charge in [-0.15, -0.1) is 0 Å². The van der Waals surface area contributed by atoms with Crippen LogP contribution in [-0.2, 0) is 24.4 Å². The summed E-state index contributed by atoms with van der Waals surface area (Å²) in [5.41, 5.74) is -4.47. The zero-order valence-electron chi connectivity index (χ0n) is 34.8. The normalized spacial score (nSPS) is 30.7. The molecule has 15 nitrogen and oxygen atoms in total. The number of fused-ring (bicyclic) bond motifs is 3. The molecule has 1 aromatic carbocycles. The molecule has 324 valence electrons. The standard InChI is InChI=1S/C41H56F2N6O9S/c1-9-25(4)48(38(53)54)33-24(3)18-23(2)12-10-11-13-27-21-40(27,37(52)46-59(55,56)29-15-16-29)45-34(50)31-22-39(5,41(42,43)49(31)36(33)51)58-35-30-17-14-28(57-8)19-26(30)20-32(44-35)47(6)7/h11,13-14,17,19-20,23-25,27,29,31,33H,9-10,12,15-16,18,21-22H2,1-8H3,(H,45,50)(H,46,52)(H,53,54)/b13-11-/t23-,24+,25?,27+,31-,33-,39+,40+/m0/s1. The lowest BCUT2D eigenvalue weighted by molar-refractivity contribution is -0.219. The number of carbonyl (C=O) groups excluding carboxylic acids is 3. The van der Waals surface area contributed by atoms with E-state index in [4.69, 9.17) is 9.47 Å². The summed E-state index contributed by atoms with van der Waals surface area (Å²) in [5, 5.41) is 13.3. The first-order valence-corrected chi connectivity index (χ1v) is 21.8. The minimum absolute atomic E-state index is 0.0151. The molecule has 1 unspecified atom stereocenters. The molecule has 2 aromatic rings. The Hall–Kier alpha value is -4.74. The van der Waals surface area contributed by atoms with Gasteiger partial charge in [0.1, 0.15) is 29.2 Å². The Balaban J connectivity index is 1.50. The van der Waals surface area contributed by atoms with E-state index < -0.39 is 92.7 Å². The zero-order chi connectivity index (χ0) is 43.4. The van der Waals surface area contributed by atoms with E-state index in [1.54, 1.807) is 70.1 Å². The van der Waals surface area contributed by atoms with Gasteiger partial charge < -0.3 is 24.8 Å². The minimum Gasteiger partial charge on any atom is -0.497 e. The molecule has 59 heavy (non-hydrogen) atoms. The number of alkyl halides is 2. The topological polar surface area (TPSA) is 188 Å². The monoisotopic (exact) mass is 846 g/mol. The number of halogens is 2. The van der Waals surface area contributed by atoms with Crippen LogP contribution in [0.5, 0.6) is 11.6 Å². The molecule has 1 saturated heterocycles. The van der Waals surface area contributed by atoms with Crippen LogP contribution in [0.4, 0.5) is 19.4 Å². The number of rotatable bonds is 10. The number of carboxylic acid groups (broad SMARTS) is 1. The van der Waals surface area contributed by atoms with Gasteiger partial charge in [-0.1, -0.05) is 32.9 Å². The number of allylic oxidation sites excluding steroid dienone is 1. The lowest BCUT2D eigenvalue weighted by atomic mass is 9.86. The van der Waals surface area contributed by atoms with Gasteiger partial charge >= 0.3 is 12.1 Å². The van der Waals surface area contributed by atoms with Crippen molar-refractivity contribution in [3.8, 4) is 11.6 Å². The van der Waals surface area contributed by atoms with Crippen LogP contribution < -0.4 is 24.4 Å². The number of ether oxygens (including phenoxy) is 2. The first kappa shape index (κ1) is 43.8. The van der Waals surface area contributed by atoms with Crippen LogP contribution in [-0.4, -0.2) is 114 Å². The van der Waals surface area contributed by atoms with Gasteiger partial charge in [0.2, 0.25) is 21.8 Å². The van der Waals surface area contributed by atoms with Gasteiger partial charge in [-0.3, -0.25) is 28.9 Å². The van der Waals surface area contributed by atoms with E-state index in [2.05, 4.69) is 15.0 Å². The quantitative estimate of drug-likeness (QED) is 0.209. The fraction of sp³-hybridized carbons (Fsp3) is 0.634. The lowest BCUT2D eigenvalue weighted by Gasteiger charge is -2.42. The molecule has 2 saturated carbocycles. The molecule has 8 atom stereocenters. The van der Waals surface area contributed by atoms with E-state index >= 15 is 13.6 Å². The third-order valence-electron chi connectivity index (χ3n) is 12.5. The van der Waals surface area contributed by atoms with Gasteiger partial charge in [-0.05, 0) is 100 Å². The molecule has 1 aromatic heterocycles. The maximum Gasteiger partial charge on any atom is 0.408 e. The van der Waals surface area contributed by atoms with Crippen molar-refractivity contribution in [1.29, 1.82) is 0 Å². The van der Waals surface area contributed by atoms with Crippen LogP contribution in [0.3, 0.4) is 0 Å². The van der Waals surface area contributed by atoms with Gasteiger partial charge in [0.05, 0.1) is 12.4 Å². The van der Waals surface area contributed by atoms with E-state index in [1.165, 1.54) is 7.11 Å². The number of anilines is 1. The molecule has 3 N–H and O–H groups in total. The van der Waals surface area contributed by atoms with Crippen molar-refractivity contribution < 1.29 is 51.0 Å². The number of methoxy groups -OCH3 is 1. The summed E-state index contributed by atoms with van der Waals surface area (Å²) in [4.78, 5) is 64.0. The molecule has 2 aliphatic carbocycles. The average Bonchev–Trinajstić information content (AvgIpc) is 4.09. The van der Waals surface area contributed by atoms with Crippen molar-refractivity contribution in [2.75, 3.05) is 26.1 Å². The molecule has 0 spiro atoms. The van der Waals surface area contributed by atoms with Crippen LogP contribution in [0.15, 0.2) is 36.4 Å². The molecule has 0 radical (unpaired) electrons. The largest absolute Gasteiger partial charge is 0.497 e. The second-order valence-electron chi connectivity index (χ2n) is 17.2. The van der Waals surface area contributed by atoms with Gasteiger partial charge in [0.15, 0.2) is 5.60 Å². The smallest absolute Gasteiger partial charge is 0.408 e. The van der Waals surface area contributed by atoms with E-state index in [0.717, 1.165) is 11.8 Å². The van der Waals surface area contributed by atoms with Crippen LogP contribution in [0, 0.1) is 17.8 Å². The summed E-state index contributed by atoms with van der Waals surface area (Å²) in [7, 11) is 0.831. The Morgan fingerprint density at radius 2 is 1.83 bits per heavy atom. The number of hydrogen-bond acceptors (Lipinski definition) is 10. The lowest BCUT2D eigenvalue weighted by Crippen LogP contribution is -2.64. The molecule has 4 aliphatic rings. The number of benzene rings is 1. The van der Waals surface area contributed by atoms with Crippen LogP contribution in [0.25, 0.3) is 10.8 Å². The van der Waals surface area contributed by atoms with Crippen molar-refractivity contribution in [2.45, 2.75) is 127 Å². The molecule has 3 heterocycles. The average molecular weight is 847 g/mol. The van der Waals surface area contributed by atoms with E-state index in [0.29, 0.717) is 54.4 Å². The highest BCUT2D eigenvalue weighted by Gasteiger charge is 2.71. The zero-order valence-corrected chi connectivity index (χ0v) is 35.6. The third-order valence-corrected chi connectivity index (χ3v) is 14.3. The number of amides is 4. The SMILES string of the molecule is CCC(C)N(C(=O)O)[C@@H]1C(=O)N2[C@@H](C[C@@](C)(Oc3nc(N(C)C)cc4cc(OC)ccc34)C2(F)F)C(=O)N[C@]2(C(=O)NS(=O)(=O)C3CC3)C[C@H]2/C=C\CC[C@H](C)C[C@H]1C. The molecule has 18 heteroatoms. The number of aromatic nitrogens is 1. The summed E-state index contributed by atoms with van der Waals surface area (Å²) in [5.74, 6) is -4.37. The molecular formula is C41H56F2N6O9S. The van der Waals surface area contributed by atoms with Gasteiger partial charge in [0.25, 0.3) is 11.8 Å². The van der Waals surface area contributed by atoms with Crippen molar-refractivity contribution in [2.24, 2.45) is 17.8 Å². The molecule has 3 fully saturated rings. The van der Waals surface area contributed by atoms with Crippen LogP contribution >= 0.6 is 0 Å². The number of nitrogens with one attached hydrogen (secondary N) is 2. The Bertz CT molecular complexity index is 2130. The number of nitrogens with zero attached hydrogens (tertiary/aromatic N) is 4. The van der Waals surface area contributed by atoms with E-state index in [9.17, 15) is 27.9 Å².